The number of benzene rings is 1. The largest absolute Gasteiger partial charge is 0.351 e. The fourth-order valence-electron chi connectivity index (χ4n) is 8.51. The molecular formula is C35H55N5O3. The molecule has 2 saturated carbocycles. The number of rotatable bonds is 9. The zero-order valence-corrected chi connectivity index (χ0v) is 27.2. The quantitative estimate of drug-likeness (QED) is 0.442. The standard InChI is InChI=1S/C35H55N5O3/c1-6-38-16-18-39(19-17-38)14-9-15-40-32(34(42)37-30-13-7-10-25(4)26(30)5)28-11-8-12-29(31(28)35(40)43)33(41)36-27-21-23(2)20-24(3)22-27/h20-22,25-26,28-32H,6-19H2,1-5H3,(H,36,41)(H,37,42)/t25?,26-,28?,29-,30?,31?,32?/m1/s1. The second kappa shape index (κ2) is 14.1. The molecule has 5 unspecified atom stereocenters. The third-order valence-corrected chi connectivity index (χ3v) is 11.2. The average Bonchev–Trinajstić information content (AvgIpc) is 3.26. The Morgan fingerprint density at radius 2 is 1.53 bits per heavy atom. The number of likely N-dealkylation sites (tertiary alicyclic amines) is 1. The Morgan fingerprint density at radius 3 is 2.23 bits per heavy atom. The molecule has 4 aliphatic rings. The van der Waals surface area contributed by atoms with Crippen LogP contribution < -0.4 is 10.6 Å². The molecule has 0 bridgehead atoms. The Labute approximate surface area is 259 Å². The van der Waals surface area contributed by atoms with Gasteiger partial charge in [-0.05, 0) is 87.7 Å². The van der Waals surface area contributed by atoms with Crippen molar-refractivity contribution in [3.63, 3.8) is 0 Å². The van der Waals surface area contributed by atoms with Gasteiger partial charge in [-0.1, -0.05) is 46.1 Å². The van der Waals surface area contributed by atoms with Crippen molar-refractivity contribution in [3.05, 3.63) is 29.3 Å². The number of aryl methyl sites for hydroxylation is 2. The molecule has 0 spiro atoms. The molecule has 43 heavy (non-hydrogen) atoms. The lowest BCUT2D eigenvalue weighted by Gasteiger charge is -2.37. The predicted octanol–water partition coefficient (Wildman–Crippen LogP) is 4.45. The van der Waals surface area contributed by atoms with Crippen molar-refractivity contribution >= 4 is 23.4 Å². The number of piperazine rings is 1. The molecule has 2 heterocycles. The van der Waals surface area contributed by atoms with E-state index in [0.29, 0.717) is 24.8 Å². The van der Waals surface area contributed by atoms with E-state index in [0.717, 1.165) is 88.2 Å². The highest BCUT2D eigenvalue weighted by atomic mass is 16.2. The first kappa shape index (κ1) is 32.0. The van der Waals surface area contributed by atoms with Crippen LogP contribution in [0.15, 0.2) is 18.2 Å². The zero-order valence-electron chi connectivity index (χ0n) is 27.2. The smallest absolute Gasteiger partial charge is 0.243 e. The highest BCUT2D eigenvalue weighted by Gasteiger charge is 2.56. The van der Waals surface area contributed by atoms with E-state index < -0.39 is 17.9 Å². The van der Waals surface area contributed by atoms with E-state index >= 15 is 0 Å². The van der Waals surface area contributed by atoms with E-state index in [4.69, 9.17) is 0 Å². The van der Waals surface area contributed by atoms with Crippen molar-refractivity contribution in [2.24, 2.45) is 29.6 Å². The third kappa shape index (κ3) is 7.28. The van der Waals surface area contributed by atoms with Crippen molar-refractivity contribution in [1.82, 2.24) is 20.0 Å². The van der Waals surface area contributed by atoms with Gasteiger partial charge in [-0.15, -0.1) is 0 Å². The number of fused-ring (bicyclic) bond motifs is 1. The first-order valence-corrected chi connectivity index (χ1v) is 17.1. The molecule has 1 aromatic rings. The molecule has 0 radical (unpaired) electrons. The van der Waals surface area contributed by atoms with E-state index in [1.54, 1.807) is 0 Å². The molecule has 3 amide bonds. The monoisotopic (exact) mass is 593 g/mol. The Kier molecular flexibility index (Phi) is 10.5. The summed E-state index contributed by atoms with van der Waals surface area (Å²) in [7, 11) is 0. The van der Waals surface area contributed by atoms with Gasteiger partial charge in [-0.25, -0.2) is 0 Å². The molecule has 8 nitrogen and oxygen atoms in total. The first-order valence-electron chi connectivity index (χ1n) is 17.1. The summed E-state index contributed by atoms with van der Waals surface area (Å²) in [4.78, 5) is 49.0. The number of carbonyl (C=O) groups excluding carboxylic acids is 3. The molecule has 2 aliphatic heterocycles. The van der Waals surface area contributed by atoms with Crippen LogP contribution in [0.5, 0.6) is 0 Å². The number of hydrogen-bond acceptors (Lipinski definition) is 5. The number of hydrogen-bond donors (Lipinski definition) is 2. The molecule has 8 heteroatoms. The van der Waals surface area contributed by atoms with E-state index in [1.807, 2.05) is 30.9 Å². The van der Waals surface area contributed by atoms with Gasteiger partial charge in [0.1, 0.15) is 6.04 Å². The summed E-state index contributed by atoms with van der Waals surface area (Å²) >= 11 is 0. The Morgan fingerprint density at radius 1 is 0.860 bits per heavy atom. The number of nitrogens with zero attached hydrogens (tertiary/aromatic N) is 3. The van der Waals surface area contributed by atoms with Crippen molar-refractivity contribution in [2.75, 3.05) is 51.1 Å². The lowest BCUT2D eigenvalue weighted by atomic mass is 9.70. The van der Waals surface area contributed by atoms with Crippen LogP contribution in [0.25, 0.3) is 0 Å². The Bertz CT molecular complexity index is 1130. The fraction of sp³-hybridized carbons (Fsp3) is 0.743. The minimum atomic E-state index is -0.490. The van der Waals surface area contributed by atoms with Crippen LogP contribution in [0, 0.1) is 43.4 Å². The van der Waals surface area contributed by atoms with Crippen LogP contribution in [-0.2, 0) is 14.4 Å². The maximum Gasteiger partial charge on any atom is 0.243 e. The van der Waals surface area contributed by atoms with Crippen LogP contribution in [0.1, 0.15) is 76.8 Å². The van der Waals surface area contributed by atoms with Gasteiger partial charge < -0.3 is 25.3 Å². The molecule has 2 aliphatic carbocycles. The SMILES string of the molecule is CCN1CCN(CCCN2C(=O)C3C(CCC[C@H]3C(=O)Nc3cc(C)cc(C)c3)C2C(=O)NC2CCCC(C)[C@H]2C)CC1. The molecule has 1 aromatic carbocycles. The maximum absolute atomic E-state index is 14.2. The summed E-state index contributed by atoms with van der Waals surface area (Å²) in [6.07, 6.45) is 6.53. The molecule has 7 atom stereocenters. The molecule has 0 aromatic heterocycles. The van der Waals surface area contributed by atoms with Gasteiger partial charge in [-0.3, -0.25) is 14.4 Å². The second-order valence-electron chi connectivity index (χ2n) is 14.1. The van der Waals surface area contributed by atoms with E-state index in [-0.39, 0.29) is 29.7 Å². The van der Waals surface area contributed by atoms with Crippen molar-refractivity contribution in [1.29, 1.82) is 0 Å². The van der Waals surface area contributed by atoms with Gasteiger partial charge in [0.25, 0.3) is 0 Å². The van der Waals surface area contributed by atoms with Crippen LogP contribution in [0.3, 0.4) is 0 Å². The highest BCUT2D eigenvalue weighted by Crippen LogP contribution is 2.45. The maximum atomic E-state index is 14.2. The summed E-state index contributed by atoms with van der Waals surface area (Å²) in [5.41, 5.74) is 2.97. The molecule has 5 rings (SSSR count). The van der Waals surface area contributed by atoms with Crippen molar-refractivity contribution < 1.29 is 14.4 Å². The summed E-state index contributed by atoms with van der Waals surface area (Å²) in [5, 5.41) is 6.56. The Hall–Kier alpha value is -2.45. The average molecular weight is 594 g/mol. The lowest BCUT2D eigenvalue weighted by Crippen LogP contribution is -2.53. The Balaban J connectivity index is 1.32. The van der Waals surface area contributed by atoms with Gasteiger partial charge in [0.05, 0.1) is 11.8 Å². The lowest BCUT2D eigenvalue weighted by molar-refractivity contribution is -0.139. The molecule has 4 fully saturated rings. The molecular weight excluding hydrogens is 538 g/mol. The molecule has 2 saturated heterocycles. The van der Waals surface area contributed by atoms with Crippen LogP contribution >= 0.6 is 0 Å². The van der Waals surface area contributed by atoms with Crippen LogP contribution in [-0.4, -0.2) is 90.3 Å². The van der Waals surface area contributed by atoms with Gasteiger partial charge in [-0.2, -0.15) is 0 Å². The van der Waals surface area contributed by atoms with E-state index in [1.165, 1.54) is 6.42 Å². The van der Waals surface area contributed by atoms with E-state index in [9.17, 15) is 14.4 Å². The summed E-state index contributed by atoms with van der Waals surface area (Å²) in [6, 6.07) is 5.71. The number of amides is 3. The van der Waals surface area contributed by atoms with Gasteiger partial charge in [0.15, 0.2) is 0 Å². The van der Waals surface area contributed by atoms with Crippen LogP contribution in [0.4, 0.5) is 5.69 Å². The normalized spacial score (nSPS) is 32.0. The minimum absolute atomic E-state index is 0.00118. The van der Waals surface area contributed by atoms with Crippen LogP contribution in [0.2, 0.25) is 0 Å². The van der Waals surface area contributed by atoms with E-state index in [2.05, 4.69) is 47.3 Å². The predicted molar refractivity (Wildman–Crippen MR) is 172 cm³/mol. The number of anilines is 1. The summed E-state index contributed by atoms with van der Waals surface area (Å²) in [6.45, 7) is 17.7. The number of nitrogens with one attached hydrogen (secondary N) is 2. The van der Waals surface area contributed by atoms with Gasteiger partial charge in [0.2, 0.25) is 17.7 Å². The second-order valence-corrected chi connectivity index (χ2v) is 14.1. The number of likely N-dealkylation sites (N-methyl/N-ethyl adjacent to an activating group) is 1. The molecule has 238 valence electrons. The topological polar surface area (TPSA) is 85.0 Å². The van der Waals surface area contributed by atoms with Crippen molar-refractivity contribution in [3.8, 4) is 0 Å². The van der Waals surface area contributed by atoms with Gasteiger partial charge in [0, 0.05) is 50.4 Å². The fourth-order valence-corrected chi connectivity index (χ4v) is 8.51. The highest BCUT2D eigenvalue weighted by molar-refractivity contribution is 5.99. The summed E-state index contributed by atoms with van der Waals surface area (Å²) in [5.74, 6) is -0.0598. The minimum Gasteiger partial charge on any atom is -0.351 e. The third-order valence-electron chi connectivity index (χ3n) is 11.2. The first-order chi connectivity index (χ1) is 20.7. The number of carbonyl (C=O) groups is 3. The van der Waals surface area contributed by atoms with Crippen molar-refractivity contribution in [2.45, 2.75) is 91.6 Å². The molecule has 2 N–H and O–H groups in total. The summed E-state index contributed by atoms with van der Waals surface area (Å²) < 4.78 is 0. The zero-order chi connectivity index (χ0) is 30.7. The van der Waals surface area contributed by atoms with Gasteiger partial charge >= 0.3 is 0 Å².